The standard InChI is InChI=1S/C28H41N5OS.2ClH.Mn/c1-34-22-7-6-8-23(17-22)35-24-15-20-18-31-27-11-4-2-9-25(27)29-13-14-30-26-10-3-5-12-28(26)32-19-21(16-24)33-20;;;/h6-8,15-17,25-32H,2-5,9-14,18-19H2,1H3;2*1H;/q;;;+2/p-2/t25-,26-,27-,28-;;;/m1.../s1. The van der Waals surface area contributed by atoms with E-state index in [0.29, 0.717) is 24.2 Å². The molecule has 0 amide bonds. The van der Waals surface area contributed by atoms with Crippen molar-refractivity contribution in [3.63, 3.8) is 0 Å². The number of halogens is 2. The number of hydrogen-bond acceptors (Lipinski definition) is 7. The summed E-state index contributed by atoms with van der Waals surface area (Å²) in [6.45, 7) is 3.71. The third-order valence-corrected chi connectivity index (χ3v) is 8.70. The van der Waals surface area contributed by atoms with Crippen LogP contribution in [0.1, 0.15) is 62.8 Å². The molecule has 0 unspecified atom stereocenters. The Morgan fingerprint density at radius 1 is 0.763 bits per heavy atom. The van der Waals surface area contributed by atoms with Gasteiger partial charge in [0.15, 0.2) is 0 Å². The maximum absolute atomic E-state index is 5.44. The summed E-state index contributed by atoms with van der Waals surface area (Å²) in [5.74, 6) is 0.894. The van der Waals surface area contributed by atoms with Gasteiger partial charge in [-0.05, 0) is 56.0 Å². The molecule has 2 aromatic rings. The molecule has 3 aliphatic rings. The molecule has 0 radical (unpaired) electrons. The van der Waals surface area contributed by atoms with Crippen LogP contribution in [0.3, 0.4) is 0 Å². The average molecular weight is 622 g/mol. The van der Waals surface area contributed by atoms with Crippen molar-refractivity contribution in [2.24, 2.45) is 0 Å². The van der Waals surface area contributed by atoms with Crippen molar-refractivity contribution in [1.29, 1.82) is 0 Å². The predicted molar refractivity (Wildman–Crippen MR) is 155 cm³/mol. The van der Waals surface area contributed by atoms with Crippen molar-refractivity contribution in [3.05, 3.63) is 47.8 Å². The zero-order valence-electron chi connectivity index (χ0n) is 22.2. The normalized spacial score (nSPS) is 26.4. The van der Waals surface area contributed by atoms with E-state index in [4.69, 9.17) is 29.9 Å². The Bertz CT molecular complexity index is 942. The van der Waals surface area contributed by atoms with Gasteiger partial charge in [0.05, 0.1) is 18.5 Å². The van der Waals surface area contributed by atoms with Crippen LogP contribution in [0.15, 0.2) is 46.2 Å². The SMILES string of the molecule is COc1cccc(Sc2cc3nc(c2)CN[C@@H]2CCCC[C@H]2NCCN[C@@H]2CCCC[C@H]2NC3)c1.[Cl][Mn][Cl]. The molecule has 6 nitrogen and oxygen atoms in total. The summed E-state index contributed by atoms with van der Waals surface area (Å²) in [6.07, 6.45) is 10.3. The molecule has 4 N–H and O–H groups in total. The van der Waals surface area contributed by atoms with Crippen LogP contribution < -0.4 is 26.0 Å². The first kappa shape index (κ1) is 30.4. The van der Waals surface area contributed by atoms with E-state index in [-0.39, 0.29) is 13.1 Å². The first-order valence-corrected chi connectivity index (χ1v) is 17.9. The fraction of sp³-hybridized carbons (Fsp3) is 0.607. The van der Waals surface area contributed by atoms with Gasteiger partial charge in [-0.2, -0.15) is 0 Å². The summed E-state index contributed by atoms with van der Waals surface area (Å²) in [5, 5.41) is 15.5. The summed E-state index contributed by atoms with van der Waals surface area (Å²) < 4.78 is 5.44. The van der Waals surface area contributed by atoms with Crippen LogP contribution in [0.5, 0.6) is 5.75 Å². The molecule has 2 heterocycles. The van der Waals surface area contributed by atoms with Crippen LogP contribution in [0.4, 0.5) is 0 Å². The van der Waals surface area contributed by atoms with E-state index in [1.165, 1.54) is 61.2 Å². The molecule has 211 valence electrons. The molecule has 1 aromatic carbocycles. The van der Waals surface area contributed by atoms with Crippen molar-refractivity contribution in [2.75, 3.05) is 20.2 Å². The van der Waals surface area contributed by atoms with Crippen LogP contribution in [0.25, 0.3) is 0 Å². The van der Waals surface area contributed by atoms with Crippen molar-refractivity contribution >= 4 is 32.0 Å². The van der Waals surface area contributed by atoms with E-state index in [1.54, 1.807) is 18.9 Å². The van der Waals surface area contributed by atoms with Crippen molar-refractivity contribution in [2.45, 2.75) is 98.4 Å². The van der Waals surface area contributed by atoms with E-state index in [0.717, 1.165) is 43.3 Å². The quantitative estimate of drug-likeness (QED) is 0.332. The predicted octanol–water partition coefficient (Wildman–Crippen LogP) is 5.61. The number of nitrogens with one attached hydrogen (secondary N) is 4. The van der Waals surface area contributed by atoms with Gasteiger partial charge in [0.2, 0.25) is 0 Å². The van der Waals surface area contributed by atoms with Crippen LogP contribution in [-0.2, 0) is 26.2 Å². The van der Waals surface area contributed by atoms with Crippen molar-refractivity contribution in [1.82, 2.24) is 26.3 Å². The second kappa shape index (κ2) is 16.7. The molecule has 1 aromatic heterocycles. The number of ether oxygens (including phenoxy) is 1. The van der Waals surface area contributed by atoms with Gasteiger partial charge in [-0.25, -0.2) is 0 Å². The van der Waals surface area contributed by atoms with Crippen molar-refractivity contribution < 1.29 is 17.9 Å². The van der Waals surface area contributed by atoms with Crippen LogP contribution in [-0.4, -0.2) is 49.4 Å². The summed E-state index contributed by atoms with van der Waals surface area (Å²) in [4.78, 5) is 7.52. The molecular weight excluding hydrogens is 580 g/mol. The fourth-order valence-corrected chi connectivity index (χ4v) is 6.87. The number of fused-ring (bicyclic) bond motifs is 4. The first-order chi connectivity index (χ1) is 18.7. The number of benzene rings is 1. The maximum atomic E-state index is 5.44. The van der Waals surface area contributed by atoms with Crippen molar-refractivity contribution in [3.8, 4) is 5.75 Å². The number of nitrogens with zero attached hydrogens (tertiary/aromatic N) is 1. The van der Waals surface area contributed by atoms with E-state index in [9.17, 15) is 0 Å². The van der Waals surface area contributed by atoms with Gasteiger partial charge in [0.25, 0.3) is 0 Å². The van der Waals surface area contributed by atoms with E-state index in [2.05, 4.69) is 51.6 Å². The van der Waals surface area contributed by atoms with Gasteiger partial charge in [-0.3, -0.25) is 4.98 Å². The van der Waals surface area contributed by atoms with Gasteiger partial charge in [-0.15, -0.1) is 0 Å². The van der Waals surface area contributed by atoms with Gasteiger partial charge in [0.1, 0.15) is 5.75 Å². The van der Waals surface area contributed by atoms with Crippen LogP contribution >= 0.6 is 32.0 Å². The third kappa shape index (κ3) is 9.53. The van der Waals surface area contributed by atoms with Gasteiger partial charge >= 0.3 is 33.3 Å². The fourth-order valence-electron chi connectivity index (χ4n) is 5.89. The Balaban J connectivity index is 0.00000107. The van der Waals surface area contributed by atoms with Crippen LogP contribution in [0.2, 0.25) is 0 Å². The van der Waals surface area contributed by atoms with E-state index >= 15 is 0 Å². The zero-order valence-corrected chi connectivity index (χ0v) is 25.7. The number of aromatic nitrogens is 1. The monoisotopic (exact) mass is 620 g/mol. The Morgan fingerprint density at radius 2 is 1.26 bits per heavy atom. The first-order valence-electron chi connectivity index (χ1n) is 13.8. The summed E-state index contributed by atoms with van der Waals surface area (Å²) >= 11 is 1.80. The summed E-state index contributed by atoms with van der Waals surface area (Å²) in [5.41, 5.74) is 2.26. The zero-order chi connectivity index (χ0) is 26.6. The number of pyridine rings is 1. The van der Waals surface area contributed by atoms with E-state index < -0.39 is 0 Å². The average Bonchev–Trinajstić information content (AvgIpc) is 2.94. The molecule has 38 heavy (non-hydrogen) atoms. The molecule has 1 aliphatic heterocycles. The Kier molecular flexibility index (Phi) is 13.3. The second-order valence-electron chi connectivity index (χ2n) is 10.3. The number of hydrogen-bond donors (Lipinski definition) is 4. The molecule has 5 rings (SSSR count). The van der Waals surface area contributed by atoms with E-state index in [1.807, 2.05) is 6.07 Å². The molecule has 2 saturated carbocycles. The Morgan fingerprint density at radius 3 is 1.76 bits per heavy atom. The topological polar surface area (TPSA) is 70.2 Å². The number of methoxy groups -OCH3 is 1. The molecule has 2 bridgehead atoms. The minimum absolute atomic E-state index is 0.00694. The molecule has 2 aliphatic carbocycles. The van der Waals surface area contributed by atoms with Gasteiger partial charge in [0, 0.05) is 60.1 Å². The second-order valence-corrected chi connectivity index (χ2v) is 13.4. The van der Waals surface area contributed by atoms with Gasteiger partial charge < -0.3 is 26.0 Å². The van der Waals surface area contributed by atoms with Gasteiger partial charge in [-0.1, -0.05) is 43.5 Å². The summed E-state index contributed by atoms with van der Waals surface area (Å²) in [6, 6.07) is 14.9. The molecule has 2 fully saturated rings. The molecule has 4 atom stereocenters. The third-order valence-electron chi connectivity index (χ3n) is 7.74. The minimum atomic E-state index is 0.00694. The van der Waals surface area contributed by atoms with Crippen LogP contribution in [0, 0.1) is 0 Å². The summed E-state index contributed by atoms with van der Waals surface area (Å²) in [7, 11) is 11.3. The molecule has 0 saturated heterocycles. The molecule has 10 heteroatoms. The molecular formula is C28H41Cl2MnN5OS. The number of rotatable bonds is 3. The Hall–Kier alpha value is -0.541. The Labute approximate surface area is 247 Å². The molecule has 0 spiro atoms.